The summed E-state index contributed by atoms with van der Waals surface area (Å²) in [6.45, 7) is 1.99. The number of aromatic nitrogens is 2. The topological polar surface area (TPSA) is 110 Å². The fourth-order valence-electron chi connectivity index (χ4n) is 2.56. The number of aryl methyl sites for hydroxylation is 1. The summed E-state index contributed by atoms with van der Waals surface area (Å²) in [6.07, 6.45) is 0. The van der Waals surface area contributed by atoms with Crippen molar-refractivity contribution in [1.82, 2.24) is 19.4 Å². The number of nitrogen functional groups attached to an aromatic ring is 1. The van der Waals surface area contributed by atoms with Crippen molar-refractivity contribution >= 4 is 33.1 Å². The number of nitrogens with zero attached hydrogens (tertiary/aromatic N) is 3. The molecule has 0 spiro atoms. The quantitative estimate of drug-likeness (QED) is 0.824. The Morgan fingerprint density at radius 3 is 2.96 bits per heavy atom. The zero-order valence-corrected chi connectivity index (χ0v) is 14.3. The molecular weight excluding hydrogens is 338 g/mol. The van der Waals surface area contributed by atoms with Gasteiger partial charge in [-0.2, -0.15) is 9.40 Å². The highest BCUT2D eigenvalue weighted by atomic mass is 32.2. The molecule has 0 saturated carbocycles. The van der Waals surface area contributed by atoms with Crippen LogP contribution >= 0.6 is 11.3 Å². The molecule has 10 heteroatoms. The average Bonchev–Trinajstić information content (AvgIpc) is 3.04. The Balaban J connectivity index is 1.78. The second kappa shape index (κ2) is 5.62. The molecule has 0 radical (unpaired) electrons. The number of likely N-dealkylation sites (N-methyl/N-ethyl adjacent to an activating group) is 1. The molecule has 1 unspecified atom stereocenters. The van der Waals surface area contributed by atoms with Crippen molar-refractivity contribution in [2.24, 2.45) is 0 Å². The van der Waals surface area contributed by atoms with Gasteiger partial charge in [-0.15, -0.1) is 11.3 Å². The molecule has 0 aromatic carbocycles. The van der Waals surface area contributed by atoms with Crippen molar-refractivity contribution in [2.75, 3.05) is 19.3 Å². The molecular formula is C13H17N5O3S2. The number of nitrogens with one attached hydrogen (secondary N) is 1. The third kappa shape index (κ3) is 2.84. The van der Waals surface area contributed by atoms with E-state index < -0.39 is 10.0 Å². The van der Waals surface area contributed by atoms with Crippen LogP contribution in [0.4, 0.5) is 5.82 Å². The minimum Gasteiger partial charge on any atom is -0.384 e. The predicted molar refractivity (Wildman–Crippen MR) is 86.4 cm³/mol. The van der Waals surface area contributed by atoms with E-state index in [2.05, 4.69) is 10.4 Å². The zero-order valence-electron chi connectivity index (χ0n) is 12.7. The Hall–Kier alpha value is -1.91. The van der Waals surface area contributed by atoms with Gasteiger partial charge in [-0.1, -0.05) is 0 Å². The molecule has 1 aliphatic rings. The lowest BCUT2D eigenvalue weighted by Crippen LogP contribution is -2.43. The van der Waals surface area contributed by atoms with E-state index in [0.717, 1.165) is 5.69 Å². The van der Waals surface area contributed by atoms with Gasteiger partial charge in [0, 0.05) is 24.5 Å². The van der Waals surface area contributed by atoms with Crippen LogP contribution in [0.25, 0.3) is 0 Å². The minimum absolute atomic E-state index is 0.00660. The van der Waals surface area contributed by atoms with Gasteiger partial charge in [0.2, 0.25) is 15.9 Å². The first-order chi connectivity index (χ1) is 10.8. The van der Waals surface area contributed by atoms with Gasteiger partial charge in [-0.3, -0.25) is 4.79 Å². The molecule has 3 rings (SSSR count). The number of rotatable bonds is 3. The number of nitrogens with two attached hydrogens (primary N) is 1. The highest BCUT2D eigenvalue weighted by Gasteiger charge is 2.36. The molecule has 0 fully saturated rings. The number of anilines is 1. The van der Waals surface area contributed by atoms with E-state index in [0.29, 0.717) is 10.7 Å². The largest absolute Gasteiger partial charge is 0.384 e. The molecule has 23 heavy (non-hydrogen) atoms. The second-order valence-electron chi connectivity index (χ2n) is 5.42. The van der Waals surface area contributed by atoms with Crippen molar-refractivity contribution in [2.45, 2.75) is 24.4 Å². The average molecular weight is 355 g/mol. The van der Waals surface area contributed by atoms with Gasteiger partial charge in [0.25, 0.3) is 0 Å². The third-order valence-corrected chi connectivity index (χ3v) is 6.70. The number of sulfonamides is 1. The maximum Gasteiger partial charge on any atom is 0.244 e. The van der Waals surface area contributed by atoms with Gasteiger partial charge < -0.3 is 11.1 Å². The summed E-state index contributed by atoms with van der Waals surface area (Å²) in [5.41, 5.74) is 6.51. The van der Waals surface area contributed by atoms with Gasteiger partial charge >= 0.3 is 0 Å². The summed E-state index contributed by atoms with van der Waals surface area (Å²) in [5.74, 6) is 0.148. The number of amides is 1. The van der Waals surface area contributed by atoms with Gasteiger partial charge in [-0.05, 0) is 18.4 Å². The van der Waals surface area contributed by atoms with E-state index >= 15 is 0 Å². The lowest BCUT2D eigenvalue weighted by Gasteiger charge is -2.29. The van der Waals surface area contributed by atoms with Gasteiger partial charge in [0.15, 0.2) is 0 Å². The molecule has 2 aromatic rings. The highest BCUT2D eigenvalue weighted by molar-refractivity contribution is 7.89. The fraction of sp³-hybridized carbons (Fsp3) is 0.385. The Morgan fingerprint density at radius 2 is 2.30 bits per heavy atom. The summed E-state index contributed by atoms with van der Waals surface area (Å²) in [4.78, 5) is 13.2. The predicted octanol–water partition coefficient (Wildman–Crippen LogP) is 0.327. The number of fused-ring (bicyclic) bond motifs is 1. The Kier molecular flexibility index (Phi) is 3.90. The van der Waals surface area contributed by atoms with Crippen LogP contribution in [0.15, 0.2) is 22.4 Å². The molecule has 8 nitrogen and oxygen atoms in total. The lowest BCUT2D eigenvalue weighted by molar-refractivity contribution is -0.122. The van der Waals surface area contributed by atoms with Crippen molar-refractivity contribution in [3.8, 4) is 0 Å². The molecule has 2 aromatic heterocycles. The van der Waals surface area contributed by atoms with Crippen LogP contribution in [0, 0.1) is 6.92 Å². The normalized spacial score (nSPS) is 20.2. The Bertz CT molecular complexity index is 855. The molecule has 3 heterocycles. The first-order valence-electron chi connectivity index (χ1n) is 6.92. The van der Waals surface area contributed by atoms with Gasteiger partial charge in [0.1, 0.15) is 12.4 Å². The number of thiophene rings is 1. The molecule has 3 N–H and O–H groups in total. The summed E-state index contributed by atoms with van der Waals surface area (Å²) >= 11 is 1.33. The van der Waals surface area contributed by atoms with Crippen molar-refractivity contribution in [3.63, 3.8) is 0 Å². The number of hydrogen-bond acceptors (Lipinski definition) is 6. The summed E-state index contributed by atoms with van der Waals surface area (Å²) < 4.78 is 27.1. The van der Waals surface area contributed by atoms with Crippen LogP contribution in [0.3, 0.4) is 0 Å². The van der Waals surface area contributed by atoms with Gasteiger partial charge in [0.05, 0.1) is 16.6 Å². The number of carbonyl (C=O) groups excluding carboxylic acids is 1. The first-order valence-corrected chi connectivity index (χ1v) is 9.24. The van der Waals surface area contributed by atoms with E-state index in [4.69, 9.17) is 5.73 Å². The van der Waals surface area contributed by atoms with Crippen molar-refractivity contribution in [3.05, 3.63) is 28.1 Å². The van der Waals surface area contributed by atoms with E-state index in [-0.39, 0.29) is 29.9 Å². The number of carbonyl (C=O) groups is 1. The standard InChI is InChI=1S/C13H17N5O3S2/c1-8-5-11(14)18(16-8)7-12(19)15-9-6-17(2)23(20,21)10-3-4-22-13(9)10/h3-5,9H,6-7,14H2,1-2H3,(H,15,19). The minimum atomic E-state index is -3.45. The van der Waals surface area contributed by atoms with Gasteiger partial charge in [-0.25, -0.2) is 13.1 Å². The first kappa shape index (κ1) is 16.0. The molecule has 0 saturated heterocycles. The summed E-state index contributed by atoms with van der Waals surface area (Å²) in [7, 11) is -1.95. The van der Waals surface area contributed by atoms with Crippen LogP contribution in [0.5, 0.6) is 0 Å². The maximum absolute atomic E-state index is 12.3. The van der Waals surface area contributed by atoms with Crippen molar-refractivity contribution in [1.29, 1.82) is 0 Å². The number of hydrogen-bond donors (Lipinski definition) is 2. The SMILES string of the molecule is Cc1cc(N)n(CC(=O)NC2CN(C)S(=O)(=O)c3ccsc32)n1. The van der Waals surface area contributed by atoms with Crippen molar-refractivity contribution < 1.29 is 13.2 Å². The Morgan fingerprint density at radius 1 is 1.57 bits per heavy atom. The second-order valence-corrected chi connectivity index (χ2v) is 8.38. The van der Waals surface area contributed by atoms with Crippen LogP contribution in [0.2, 0.25) is 0 Å². The van der Waals surface area contributed by atoms with E-state index in [9.17, 15) is 13.2 Å². The smallest absolute Gasteiger partial charge is 0.244 e. The lowest BCUT2D eigenvalue weighted by atomic mass is 10.2. The van der Waals surface area contributed by atoms with Crippen LogP contribution in [-0.2, 0) is 21.4 Å². The van der Waals surface area contributed by atoms with Crippen LogP contribution < -0.4 is 11.1 Å². The van der Waals surface area contributed by atoms with E-state index in [1.165, 1.54) is 27.4 Å². The zero-order chi connectivity index (χ0) is 16.8. The molecule has 0 bridgehead atoms. The summed E-state index contributed by atoms with van der Waals surface area (Å²) in [5, 5.41) is 8.72. The molecule has 124 valence electrons. The third-order valence-electron chi connectivity index (χ3n) is 3.66. The van der Waals surface area contributed by atoms with Crippen LogP contribution in [0.1, 0.15) is 16.6 Å². The molecule has 0 aliphatic carbocycles. The molecule has 1 amide bonds. The van der Waals surface area contributed by atoms with Crippen LogP contribution in [-0.4, -0.2) is 42.0 Å². The monoisotopic (exact) mass is 355 g/mol. The maximum atomic E-state index is 12.3. The summed E-state index contributed by atoms with van der Waals surface area (Å²) in [6, 6.07) is 2.88. The Labute approximate surface area is 137 Å². The highest BCUT2D eigenvalue weighted by Crippen LogP contribution is 2.35. The fourth-order valence-corrected chi connectivity index (χ4v) is 5.26. The molecule has 1 atom stereocenters. The molecule has 1 aliphatic heterocycles. The van der Waals surface area contributed by atoms with E-state index in [1.807, 2.05) is 0 Å². The van der Waals surface area contributed by atoms with E-state index in [1.54, 1.807) is 24.4 Å².